The van der Waals surface area contributed by atoms with Gasteiger partial charge in [-0.2, -0.15) is 15.2 Å². The van der Waals surface area contributed by atoms with Gasteiger partial charge >= 0.3 is 5.69 Å². The van der Waals surface area contributed by atoms with Gasteiger partial charge in [-0.3, -0.25) is 14.8 Å². The molecular weight excluding hydrogens is 314 g/mol. The molecule has 122 valence electrons. The van der Waals surface area contributed by atoms with E-state index in [1.54, 1.807) is 19.4 Å². The zero-order chi connectivity index (χ0) is 16.9. The largest absolute Gasteiger partial charge is 0.496 e. The van der Waals surface area contributed by atoms with E-state index in [-0.39, 0.29) is 5.69 Å². The molecule has 0 fully saturated rings. The van der Waals surface area contributed by atoms with Crippen LogP contribution in [0.5, 0.6) is 5.75 Å². The number of aromatic amines is 1. The summed E-state index contributed by atoms with van der Waals surface area (Å²) >= 11 is 0. The van der Waals surface area contributed by atoms with Crippen molar-refractivity contribution in [2.24, 2.45) is 4.99 Å². The fourth-order valence-corrected chi connectivity index (χ4v) is 2.11. The number of aromatic nitrogens is 5. The average Bonchev–Trinajstić information content (AvgIpc) is 3.25. The highest BCUT2D eigenvalue weighted by atomic mass is 16.6. The Bertz CT molecular complexity index is 870. The maximum absolute atomic E-state index is 10.7. The molecule has 0 aliphatic heterocycles. The summed E-state index contributed by atoms with van der Waals surface area (Å²) in [5, 5.41) is 21.1. The molecule has 2 heterocycles. The predicted octanol–water partition coefficient (Wildman–Crippen LogP) is 1.72. The Morgan fingerprint density at radius 1 is 1.50 bits per heavy atom. The van der Waals surface area contributed by atoms with Gasteiger partial charge in [-0.05, 0) is 23.8 Å². The minimum atomic E-state index is -0.485. The van der Waals surface area contributed by atoms with Crippen LogP contribution in [-0.4, -0.2) is 43.2 Å². The van der Waals surface area contributed by atoms with Gasteiger partial charge in [0.25, 0.3) is 0 Å². The Morgan fingerprint density at radius 2 is 2.38 bits per heavy atom. The fourth-order valence-electron chi connectivity index (χ4n) is 2.11. The number of benzene rings is 1. The molecule has 0 saturated heterocycles. The van der Waals surface area contributed by atoms with Gasteiger partial charge < -0.3 is 4.74 Å². The molecule has 0 amide bonds. The Morgan fingerprint density at radius 3 is 3.04 bits per heavy atom. The standard InChI is InChI=1S/C14H13N7O3/c1-24-13-3-2-10(5-15-14-16-9-17-19-14)4-11(13)7-20-8-12(6-18-20)21(22)23/h2-6,8-9H,7H2,1H3,(H,16,17,19). The average molecular weight is 327 g/mol. The minimum absolute atomic E-state index is 0.0583. The van der Waals surface area contributed by atoms with Crippen LogP contribution in [0.1, 0.15) is 11.1 Å². The van der Waals surface area contributed by atoms with Crippen molar-refractivity contribution in [2.45, 2.75) is 6.54 Å². The molecule has 0 saturated carbocycles. The van der Waals surface area contributed by atoms with Crippen LogP contribution in [0.3, 0.4) is 0 Å². The summed E-state index contributed by atoms with van der Waals surface area (Å²) in [7, 11) is 1.56. The number of aliphatic imine (C=N–C) groups is 1. The maximum Gasteiger partial charge on any atom is 0.307 e. The highest BCUT2D eigenvalue weighted by molar-refractivity contribution is 5.81. The van der Waals surface area contributed by atoms with Crippen molar-refractivity contribution in [3.63, 3.8) is 0 Å². The van der Waals surface area contributed by atoms with Crippen LogP contribution in [0, 0.1) is 10.1 Å². The summed E-state index contributed by atoms with van der Waals surface area (Å²) in [6.45, 7) is 0.334. The number of nitrogens with one attached hydrogen (secondary N) is 1. The second kappa shape index (κ2) is 6.69. The Balaban J connectivity index is 1.84. The van der Waals surface area contributed by atoms with E-state index in [4.69, 9.17) is 4.74 Å². The number of hydrogen-bond acceptors (Lipinski definition) is 7. The second-order valence-electron chi connectivity index (χ2n) is 4.79. The van der Waals surface area contributed by atoms with Crippen molar-refractivity contribution in [3.8, 4) is 5.75 Å². The zero-order valence-corrected chi connectivity index (χ0v) is 12.7. The van der Waals surface area contributed by atoms with Gasteiger partial charge in [0.2, 0.25) is 5.95 Å². The highest BCUT2D eigenvalue weighted by Gasteiger charge is 2.11. The van der Waals surface area contributed by atoms with E-state index in [9.17, 15) is 10.1 Å². The van der Waals surface area contributed by atoms with E-state index in [0.29, 0.717) is 18.2 Å². The van der Waals surface area contributed by atoms with E-state index in [1.165, 1.54) is 23.4 Å². The van der Waals surface area contributed by atoms with E-state index in [2.05, 4.69) is 25.3 Å². The van der Waals surface area contributed by atoms with Crippen LogP contribution in [0.4, 0.5) is 11.6 Å². The van der Waals surface area contributed by atoms with Crippen LogP contribution < -0.4 is 4.74 Å². The Kier molecular flexibility index (Phi) is 4.27. The van der Waals surface area contributed by atoms with Gasteiger partial charge in [0, 0.05) is 11.8 Å². The molecule has 0 bridgehead atoms. The third kappa shape index (κ3) is 3.43. The number of methoxy groups -OCH3 is 1. The lowest BCUT2D eigenvalue weighted by atomic mass is 10.1. The lowest BCUT2D eigenvalue weighted by molar-refractivity contribution is -0.385. The number of H-pyrrole nitrogens is 1. The smallest absolute Gasteiger partial charge is 0.307 e. The molecule has 10 nitrogen and oxygen atoms in total. The molecule has 10 heteroatoms. The monoisotopic (exact) mass is 327 g/mol. The van der Waals surface area contributed by atoms with E-state index < -0.39 is 4.92 Å². The lowest BCUT2D eigenvalue weighted by Crippen LogP contribution is -2.03. The van der Waals surface area contributed by atoms with E-state index in [1.807, 2.05) is 12.1 Å². The first-order chi connectivity index (χ1) is 11.7. The number of ether oxygens (including phenoxy) is 1. The predicted molar refractivity (Wildman–Crippen MR) is 84.6 cm³/mol. The molecule has 0 spiro atoms. The Labute approximate surface area is 136 Å². The van der Waals surface area contributed by atoms with Crippen molar-refractivity contribution in [2.75, 3.05) is 7.11 Å². The molecule has 0 unspecified atom stereocenters. The topological polar surface area (TPSA) is 124 Å². The fraction of sp³-hybridized carbons (Fsp3) is 0.143. The number of nitro groups is 1. The minimum Gasteiger partial charge on any atom is -0.496 e. The Hall–Kier alpha value is -3.56. The zero-order valence-electron chi connectivity index (χ0n) is 12.7. The number of rotatable bonds is 6. The molecule has 1 aromatic carbocycles. The second-order valence-corrected chi connectivity index (χ2v) is 4.79. The first-order valence-corrected chi connectivity index (χ1v) is 6.89. The summed E-state index contributed by atoms with van der Waals surface area (Å²) in [5.74, 6) is 1.06. The van der Waals surface area contributed by atoms with Crippen LogP contribution >= 0.6 is 0 Å². The van der Waals surface area contributed by atoms with Crippen LogP contribution in [0.25, 0.3) is 0 Å². The summed E-state index contributed by atoms with van der Waals surface area (Å²) in [6, 6.07) is 5.51. The number of nitrogens with zero attached hydrogens (tertiary/aromatic N) is 6. The summed E-state index contributed by atoms with van der Waals surface area (Å²) < 4.78 is 6.81. The summed E-state index contributed by atoms with van der Waals surface area (Å²) in [4.78, 5) is 18.3. The normalized spacial score (nSPS) is 11.0. The van der Waals surface area contributed by atoms with Gasteiger partial charge in [0.15, 0.2) is 0 Å². The van der Waals surface area contributed by atoms with Crippen molar-refractivity contribution in [3.05, 3.63) is 58.2 Å². The highest BCUT2D eigenvalue weighted by Crippen LogP contribution is 2.21. The van der Waals surface area contributed by atoms with Crippen LogP contribution in [-0.2, 0) is 6.54 Å². The van der Waals surface area contributed by atoms with Gasteiger partial charge in [0.1, 0.15) is 24.5 Å². The lowest BCUT2D eigenvalue weighted by Gasteiger charge is -2.09. The van der Waals surface area contributed by atoms with Gasteiger partial charge in [-0.1, -0.05) is 0 Å². The van der Waals surface area contributed by atoms with Gasteiger partial charge in [0.05, 0.1) is 18.6 Å². The summed E-state index contributed by atoms with van der Waals surface area (Å²) in [6.07, 6.45) is 5.59. The maximum atomic E-state index is 10.7. The molecule has 3 aromatic rings. The van der Waals surface area contributed by atoms with Gasteiger partial charge in [-0.25, -0.2) is 10.1 Å². The van der Waals surface area contributed by atoms with Crippen LogP contribution in [0.2, 0.25) is 0 Å². The molecule has 3 rings (SSSR count). The molecule has 24 heavy (non-hydrogen) atoms. The van der Waals surface area contributed by atoms with Crippen molar-refractivity contribution in [1.82, 2.24) is 25.0 Å². The molecule has 0 atom stereocenters. The van der Waals surface area contributed by atoms with E-state index >= 15 is 0 Å². The summed E-state index contributed by atoms with van der Waals surface area (Å²) in [5.41, 5.74) is 1.58. The number of hydrogen-bond donors (Lipinski definition) is 1. The first-order valence-electron chi connectivity index (χ1n) is 6.89. The van der Waals surface area contributed by atoms with Crippen molar-refractivity contribution < 1.29 is 9.66 Å². The molecule has 1 N–H and O–H groups in total. The molecule has 0 aliphatic carbocycles. The molecule has 0 radical (unpaired) electrons. The van der Waals surface area contributed by atoms with Gasteiger partial charge in [-0.15, -0.1) is 0 Å². The third-order valence-electron chi connectivity index (χ3n) is 3.21. The van der Waals surface area contributed by atoms with Crippen LogP contribution in [0.15, 0.2) is 41.9 Å². The third-order valence-corrected chi connectivity index (χ3v) is 3.21. The van der Waals surface area contributed by atoms with E-state index in [0.717, 1.165) is 11.1 Å². The first kappa shape index (κ1) is 15.3. The van der Waals surface area contributed by atoms with Crippen molar-refractivity contribution >= 4 is 17.9 Å². The molecular formula is C14H13N7O3. The molecule has 0 aliphatic rings. The quantitative estimate of drug-likeness (QED) is 0.417. The van der Waals surface area contributed by atoms with Crippen molar-refractivity contribution in [1.29, 1.82) is 0 Å². The molecule has 2 aromatic heterocycles. The SMILES string of the molecule is COc1ccc(C=Nc2ncn[nH]2)cc1Cn1cc([N+](=O)[O-])cn1.